The van der Waals surface area contributed by atoms with Crippen LogP contribution < -0.4 is 18.9 Å². The van der Waals surface area contributed by atoms with Crippen LogP contribution in [0.15, 0.2) is 97.1 Å². The van der Waals surface area contributed by atoms with Crippen molar-refractivity contribution >= 4 is 45.6 Å². The largest absolute Gasteiger partial charge is 0.519 e. The molecule has 0 saturated carbocycles. The van der Waals surface area contributed by atoms with E-state index in [4.69, 9.17) is 27.2 Å². The molecule has 0 N–H and O–H groups in total. The van der Waals surface area contributed by atoms with Crippen LogP contribution in [-0.4, -0.2) is 45.6 Å². The van der Waals surface area contributed by atoms with Crippen LogP contribution in [0.3, 0.4) is 0 Å². The lowest BCUT2D eigenvalue weighted by atomic mass is 9.78. The summed E-state index contributed by atoms with van der Waals surface area (Å²) in [6.07, 6.45) is 1.95. The zero-order valence-electron chi connectivity index (χ0n) is 36.2. The monoisotopic (exact) mass is 844 g/mol. The summed E-state index contributed by atoms with van der Waals surface area (Å²) >= 11 is 0. The maximum absolute atomic E-state index is 12.9. The van der Waals surface area contributed by atoms with E-state index < -0.39 is 51.0 Å². The standard InChI is InChI=1S/C45H64O8Si4/c1-45(2,37-25-29-39(30-26-37)48-43(46)50-41-23-15-13-19-35(41)21-17-33-56(9,10)52-54(3,4)5)38-27-31-40(32-28-38)49-44(47)51-42-24-16-14-20-36(42)22-18-34-57(11,12)53-55(6,7)8/h13-16,19-20,23-32H,17-18,21-22,33-34H2,1-12H3. The van der Waals surface area contributed by atoms with Gasteiger partial charge in [0.25, 0.3) is 0 Å². The molecular formula is C45H64O8Si4. The summed E-state index contributed by atoms with van der Waals surface area (Å²) < 4.78 is 35.5. The molecule has 4 rings (SSSR count). The second-order valence-electron chi connectivity index (χ2n) is 18.5. The fourth-order valence-electron chi connectivity index (χ4n) is 7.25. The van der Waals surface area contributed by atoms with Crippen LogP contribution in [-0.2, 0) is 26.5 Å². The molecule has 0 unspecified atom stereocenters. The Hall–Kier alpha value is -3.79. The third-order valence-electron chi connectivity index (χ3n) is 9.50. The lowest BCUT2D eigenvalue weighted by Crippen LogP contribution is -2.42. The maximum atomic E-state index is 12.9. The van der Waals surface area contributed by atoms with Crippen molar-refractivity contribution in [2.24, 2.45) is 0 Å². The Bertz CT molecular complexity index is 1790. The van der Waals surface area contributed by atoms with Gasteiger partial charge in [0, 0.05) is 5.41 Å². The van der Waals surface area contributed by atoms with Gasteiger partial charge < -0.3 is 27.2 Å². The van der Waals surface area contributed by atoms with Crippen LogP contribution in [0, 0.1) is 0 Å². The van der Waals surface area contributed by atoms with Gasteiger partial charge in [0.2, 0.25) is 0 Å². The number of benzene rings is 4. The Morgan fingerprint density at radius 1 is 0.474 bits per heavy atom. The van der Waals surface area contributed by atoms with Crippen LogP contribution in [0.4, 0.5) is 9.59 Å². The summed E-state index contributed by atoms with van der Waals surface area (Å²) in [6.45, 7) is 26.7. The molecule has 4 aromatic carbocycles. The Morgan fingerprint density at radius 2 is 0.807 bits per heavy atom. The minimum atomic E-state index is -1.76. The van der Waals surface area contributed by atoms with Gasteiger partial charge in [-0.25, -0.2) is 9.59 Å². The highest BCUT2D eigenvalue weighted by Gasteiger charge is 2.30. The zero-order valence-corrected chi connectivity index (χ0v) is 40.2. The Morgan fingerprint density at radius 3 is 1.14 bits per heavy atom. The molecule has 0 heterocycles. The van der Waals surface area contributed by atoms with Gasteiger partial charge in [-0.1, -0.05) is 74.5 Å². The van der Waals surface area contributed by atoms with Gasteiger partial charge in [-0.15, -0.1) is 0 Å². The number of rotatable bonds is 18. The molecule has 0 atom stereocenters. The van der Waals surface area contributed by atoms with E-state index in [9.17, 15) is 9.59 Å². The highest BCUT2D eigenvalue weighted by atomic mass is 28.4. The second-order valence-corrected chi connectivity index (χ2v) is 36.6. The highest BCUT2D eigenvalue weighted by Crippen LogP contribution is 2.34. The average Bonchev–Trinajstić information content (AvgIpc) is 3.08. The molecule has 0 aliphatic heterocycles. The summed E-state index contributed by atoms with van der Waals surface area (Å²) in [6, 6.07) is 32.1. The maximum Gasteiger partial charge on any atom is 0.519 e. The van der Waals surface area contributed by atoms with E-state index in [1.165, 1.54) is 0 Å². The molecule has 0 fully saturated rings. The van der Waals surface area contributed by atoms with Crippen molar-refractivity contribution < 1.29 is 36.8 Å². The summed E-state index contributed by atoms with van der Waals surface area (Å²) in [7, 11) is -6.72. The molecule has 0 saturated heterocycles. The fourth-order valence-corrected chi connectivity index (χ4v) is 23.4. The molecule has 0 spiro atoms. The van der Waals surface area contributed by atoms with Crippen molar-refractivity contribution in [3.8, 4) is 23.0 Å². The summed E-state index contributed by atoms with van der Waals surface area (Å²) in [5, 5.41) is 0. The number of hydrogen-bond donors (Lipinski definition) is 0. The van der Waals surface area contributed by atoms with E-state index in [1.54, 1.807) is 36.4 Å². The number of ether oxygens (including phenoxy) is 4. The van der Waals surface area contributed by atoms with Crippen LogP contribution >= 0.6 is 0 Å². The van der Waals surface area contributed by atoms with Gasteiger partial charge in [-0.2, -0.15) is 0 Å². The van der Waals surface area contributed by atoms with Gasteiger partial charge in [-0.3, -0.25) is 0 Å². The first-order valence-corrected chi connectivity index (χ1v) is 33.1. The number of hydrogen-bond acceptors (Lipinski definition) is 8. The lowest BCUT2D eigenvalue weighted by Gasteiger charge is -2.31. The highest BCUT2D eigenvalue weighted by molar-refractivity contribution is 6.84. The van der Waals surface area contributed by atoms with Crippen molar-refractivity contribution in [3.63, 3.8) is 0 Å². The smallest absolute Gasteiger partial charge is 0.456 e. The molecule has 0 bridgehead atoms. The van der Waals surface area contributed by atoms with Crippen molar-refractivity contribution in [1.82, 2.24) is 0 Å². The van der Waals surface area contributed by atoms with Crippen LogP contribution in [0.2, 0.25) is 77.6 Å². The first-order chi connectivity index (χ1) is 26.5. The predicted molar refractivity (Wildman–Crippen MR) is 241 cm³/mol. The predicted octanol–water partition coefficient (Wildman–Crippen LogP) is 13.1. The molecule has 12 heteroatoms. The van der Waals surface area contributed by atoms with Crippen molar-refractivity contribution in [2.45, 2.75) is 123 Å². The molecule has 308 valence electrons. The van der Waals surface area contributed by atoms with E-state index in [-0.39, 0.29) is 0 Å². The lowest BCUT2D eigenvalue weighted by molar-refractivity contribution is 0.150. The van der Waals surface area contributed by atoms with Crippen LogP contribution in [0.1, 0.15) is 48.9 Å². The Kier molecular flexibility index (Phi) is 15.5. The quantitative estimate of drug-likeness (QED) is 0.0556. The summed E-state index contributed by atoms with van der Waals surface area (Å²) in [5.74, 6) is 1.80. The van der Waals surface area contributed by atoms with Gasteiger partial charge in [0.05, 0.1) is 0 Å². The van der Waals surface area contributed by atoms with Gasteiger partial charge in [-0.05, 0) is 162 Å². The third kappa shape index (κ3) is 15.5. The minimum absolute atomic E-state index is 0.388. The molecule has 0 aromatic heterocycles. The van der Waals surface area contributed by atoms with Crippen molar-refractivity contribution in [1.29, 1.82) is 0 Å². The molecule has 0 amide bonds. The SMILES string of the molecule is CC(C)(c1ccc(OC(=O)Oc2ccccc2CCC[Si](C)(C)O[Si](C)(C)C)cc1)c1ccc(OC(=O)Oc2ccccc2CCC[Si](C)(C)O[Si](C)(C)C)cc1. The Balaban J connectivity index is 1.29. The van der Waals surface area contributed by atoms with Gasteiger partial charge >= 0.3 is 12.3 Å². The summed E-state index contributed by atoms with van der Waals surface area (Å²) in [4.78, 5) is 25.7. The average molecular weight is 845 g/mol. The number of para-hydroxylation sites is 2. The number of carbonyl (C=O) groups excluding carboxylic acids is 2. The van der Waals surface area contributed by atoms with E-state index in [0.29, 0.717) is 23.0 Å². The molecule has 8 nitrogen and oxygen atoms in total. The normalized spacial score (nSPS) is 12.6. The number of carbonyl (C=O) groups is 2. The molecule has 0 aliphatic rings. The van der Waals surface area contributed by atoms with Crippen molar-refractivity contribution in [2.75, 3.05) is 0 Å². The van der Waals surface area contributed by atoms with E-state index in [2.05, 4.69) is 79.3 Å². The van der Waals surface area contributed by atoms with E-state index in [1.807, 2.05) is 60.7 Å². The molecular weight excluding hydrogens is 781 g/mol. The van der Waals surface area contributed by atoms with E-state index in [0.717, 1.165) is 60.0 Å². The van der Waals surface area contributed by atoms with E-state index >= 15 is 0 Å². The third-order valence-corrected chi connectivity index (χ3v) is 21.9. The second kappa shape index (κ2) is 19.3. The molecule has 4 aromatic rings. The first kappa shape index (κ1) is 45.9. The summed E-state index contributed by atoms with van der Waals surface area (Å²) in [5.41, 5.74) is 3.57. The minimum Gasteiger partial charge on any atom is -0.456 e. The van der Waals surface area contributed by atoms with Gasteiger partial charge in [0.1, 0.15) is 23.0 Å². The molecule has 0 aliphatic carbocycles. The molecule has 57 heavy (non-hydrogen) atoms. The molecule has 0 radical (unpaired) electrons. The van der Waals surface area contributed by atoms with Crippen LogP contribution in [0.5, 0.6) is 23.0 Å². The van der Waals surface area contributed by atoms with Gasteiger partial charge in [0.15, 0.2) is 33.3 Å². The number of aryl methyl sites for hydroxylation is 2. The van der Waals surface area contributed by atoms with Crippen molar-refractivity contribution in [3.05, 3.63) is 119 Å². The zero-order chi connectivity index (χ0) is 42.1. The van der Waals surface area contributed by atoms with Crippen LogP contribution in [0.25, 0.3) is 0 Å². The first-order valence-electron chi connectivity index (χ1n) is 20.1. The topological polar surface area (TPSA) is 89.5 Å². The fraction of sp³-hybridized carbons (Fsp3) is 0.422. The Labute approximate surface area is 345 Å².